The maximum absolute atomic E-state index is 12.6. The lowest BCUT2D eigenvalue weighted by atomic mass is 10.1. The van der Waals surface area contributed by atoms with Crippen LogP contribution in [-0.4, -0.2) is 82.7 Å². The molecule has 12 heteroatoms. The first kappa shape index (κ1) is 30.3. The van der Waals surface area contributed by atoms with Gasteiger partial charge in [0, 0.05) is 45.6 Å². The van der Waals surface area contributed by atoms with Gasteiger partial charge < -0.3 is 25.2 Å². The van der Waals surface area contributed by atoms with Crippen LogP contribution in [0.5, 0.6) is 0 Å². The van der Waals surface area contributed by atoms with Crippen LogP contribution < -0.4 is 10.6 Å². The lowest BCUT2D eigenvalue weighted by molar-refractivity contribution is -0.143. The summed E-state index contributed by atoms with van der Waals surface area (Å²) < 4.78 is 9.73. The first-order valence-corrected chi connectivity index (χ1v) is 12.3. The van der Waals surface area contributed by atoms with Crippen LogP contribution in [0.15, 0.2) is 48.8 Å². The monoisotopic (exact) mass is 529 g/mol. The number of carboxylic acid groups (broad SMARTS) is 1. The molecule has 12 nitrogen and oxygen atoms in total. The molecule has 0 bridgehead atoms. The molecule has 2 rings (SSSR count). The van der Waals surface area contributed by atoms with Crippen molar-refractivity contribution in [1.82, 2.24) is 25.5 Å². The Balaban J connectivity index is 2.02. The fraction of sp³-hybridized carbons (Fsp3) is 0.462. The van der Waals surface area contributed by atoms with Gasteiger partial charge in [-0.25, -0.2) is 9.59 Å². The van der Waals surface area contributed by atoms with E-state index in [0.717, 1.165) is 11.4 Å². The van der Waals surface area contributed by atoms with Crippen molar-refractivity contribution in [3.05, 3.63) is 60.2 Å². The van der Waals surface area contributed by atoms with Crippen LogP contribution in [-0.2, 0) is 36.9 Å². The van der Waals surface area contributed by atoms with Gasteiger partial charge in [-0.15, -0.1) is 0 Å². The van der Waals surface area contributed by atoms with E-state index in [1.165, 1.54) is 7.11 Å². The van der Waals surface area contributed by atoms with Crippen molar-refractivity contribution in [1.29, 1.82) is 0 Å². The molecule has 0 fully saturated rings. The van der Waals surface area contributed by atoms with Crippen molar-refractivity contribution in [2.24, 2.45) is 0 Å². The summed E-state index contributed by atoms with van der Waals surface area (Å²) in [5.74, 6) is -2.17. The number of hydrogen-bond acceptors (Lipinski definition) is 9. The van der Waals surface area contributed by atoms with Gasteiger partial charge >= 0.3 is 18.0 Å². The summed E-state index contributed by atoms with van der Waals surface area (Å²) in [6.07, 6.45) is 3.36. The summed E-state index contributed by atoms with van der Waals surface area (Å²) in [6, 6.07) is 8.01. The average molecular weight is 530 g/mol. The van der Waals surface area contributed by atoms with Gasteiger partial charge in [0.25, 0.3) is 0 Å². The van der Waals surface area contributed by atoms with Gasteiger partial charge in [-0.2, -0.15) is 0 Å². The highest BCUT2D eigenvalue weighted by Crippen LogP contribution is 2.09. The topological polar surface area (TPSA) is 160 Å². The molecule has 2 heterocycles. The highest BCUT2D eigenvalue weighted by molar-refractivity contribution is 5.91. The molecule has 38 heavy (non-hydrogen) atoms. The van der Waals surface area contributed by atoms with Gasteiger partial charge in [-0.1, -0.05) is 12.1 Å². The number of hydrogen-bond donors (Lipinski definition) is 3. The number of methoxy groups -OCH3 is 1. The van der Waals surface area contributed by atoms with E-state index in [1.807, 2.05) is 41.3 Å². The molecule has 0 aliphatic rings. The number of carboxylic acids is 1. The Hall–Kier alpha value is -3.90. The molecular weight excluding hydrogens is 494 g/mol. The number of ether oxygens (including phenoxy) is 2. The Kier molecular flexibility index (Phi) is 13.4. The third kappa shape index (κ3) is 11.4. The van der Waals surface area contributed by atoms with Crippen LogP contribution in [0.25, 0.3) is 0 Å². The van der Waals surface area contributed by atoms with E-state index >= 15 is 0 Å². The molecule has 0 radical (unpaired) electrons. The van der Waals surface area contributed by atoms with Gasteiger partial charge in [0.2, 0.25) is 0 Å². The third-order valence-electron chi connectivity index (χ3n) is 5.48. The van der Waals surface area contributed by atoms with Gasteiger partial charge in [0.05, 0.1) is 24.0 Å². The highest BCUT2D eigenvalue weighted by Gasteiger charge is 2.26. The van der Waals surface area contributed by atoms with Crippen LogP contribution in [0.4, 0.5) is 4.79 Å². The number of Topliss-reactive ketones (excluding diaryl/α,β-unsaturated/α-hetero) is 1. The van der Waals surface area contributed by atoms with Crippen molar-refractivity contribution in [3.8, 4) is 0 Å². The number of nitrogens with one attached hydrogen (secondary N) is 2. The van der Waals surface area contributed by atoms with E-state index in [2.05, 4.69) is 20.6 Å². The first-order valence-electron chi connectivity index (χ1n) is 12.3. The predicted molar refractivity (Wildman–Crippen MR) is 137 cm³/mol. The Morgan fingerprint density at radius 1 is 0.947 bits per heavy atom. The fourth-order valence-electron chi connectivity index (χ4n) is 3.63. The van der Waals surface area contributed by atoms with Crippen LogP contribution >= 0.6 is 0 Å². The Labute approximate surface area is 221 Å². The molecule has 0 aliphatic carbocycles. The standard InChI is InChI=1S/C26H35N5O7/c1-3-38-24(33)11-10-21(23(32)18-37-2)29-26(36)30-22(25(34)35)12-15-31(16-19-8-4-6-13-27-19)17-20-9-5-7-14-28-20/h4-9,13-14,21-22H,3,10-12,15-18H2,1-2H3,(H,34,35)(H2,29,30,36)/t21-,22-/m0/s1. The van der Waals surface area contributed by atoms with E-state index < -0.39 is 35.8 Å². The molecule has 2 aromatic heterocycles. The maximum Gasteiger partial charge on any atom is 0.326 e. The number of carbonyl (C=O) groups is 4. The van der Waals surface area contributed by atoms with E-state index in [-0.39, 0.29) is 32.5 Å². The summed E-state index contributed by atoms with van der Waals surface area (Å²) >= 11 is 0. The van der Waals surface area contributed by atoms with Crippen molar-refractivity contribution in [2.45, 2.75) is 51.4 Å². The average Bonchev–Trinajstić information content (AvgIpc) is 2.90. The number of pyridine rings is 2. The smallest absolute Gasteiger partial charge is 0.326 e. The second-order valence-corrected chi connectivity index (χ2v) is 8.45. The van der Waals surface area contributed by atoms with Crippen LogP contribution in [0, 0.1) is 0 Å². The Morgan fingerprint density at radius 2 is 1.55 bits per heavy atom. The number of aliphatic carboxylic acids is 1. The first-order chi connectivity index (χ1) is 18.3. The number of carbonyl (C=O) groups excluding carboxylic acids is 3. The van der Waals surface area contributed by atoms with Gasteiger partial charge in [0.15, 0.2) is 5.78 Å². The molecule has 0 aromatic carbocycles. The minimum absolute atomic E-state index is 0.00584. The zero-order chi connectivity index (χ0) is 27.8. The molecule has 206 valence electrons. The molecule has 0 unspecified atom stereocenters. The normalized spacial score (nSPS) is 12.4. The quantitative estimate of drug-likeness (QED) is 0.257. The molecule has 2 amide bonds. The predicted octanol–water partition coefficient (Wildman–Crippen LogP) is 1.55. The minimum atomic E-state index is -1.23. The molecule has 0 aliphatic heterocycles. The van der Waals surface area contributed by atoms with Crippen LogP contribution in [0.1, 0.15) is 37.6 Å². The van der Waals surface area contributed by atoms with Crippen LogP contribution in [0.3, 0.4) is 0 Å². The number of rotatable bonds is 17. The SMILES string of the molecule is CCOC(=O)CC[C@H](NC(=O)N[C@@H](CCN(Cc1ccccn1)Cc1ccccn1)C(=O)O)C(=O)COC. The summed E-state index contributed by atoms with van der Waals surface area (Å²) in [4.78, 5) is 59.3. The molecule has 0 saturated heterocycles. The summed E-state index contributed by atoms with van der Waals surface area (Å²) in [5.41, 5.74) is 1.62. The van der Waals surface area contributed by atoms with Crippen LogP contribution in [0.2, 0.25) is 0 Å². The van der Waals surface area contributed by atoms with E-state index in [0.29, 0.717) is 19.6 Å². The molecule has 2 aromatic rings. The van der Waals surface area contributed by atoms with Crippen molar-refractivity contribution < 1.29 is 33.8 Å². The molecular formula is C26H35N5O7. The summed E-state index contributed by atoms with van der Waals surface area (Å²) in [6.45, 7) is 2.82. The molecule has 2 atom stereocenters. The molecule has 0 saturated carbocycles. The summed E-state index contributed by atoms with van der Waals surface area (Å²) in [5, 5.41) is 14.6. The second kappa shape index (κ2) is 16.8. The van der Waals surface area contributed by atoms with Gasteiger partial charge in [-0.3, -0.25) is 24.5 Å². The number of ketones is 1. The van der Waals surface area contributed by atoms with E-state index in [4.69, 9.17) is 9.47 Å². The lowest BCUT2D eigenvalue weighted by Gasteiger charge is -2.24. The lowest BCUT2D eigenvalue weighted by Crippen LogP contribution is -2.52. The van der Waals surface area contributed by atoms with Gasteiger partial charge in [-0.05, 0) is 44.0 Å². The third-order valence-corrected chi connectivity index (χ3v) is 5.48. The van der Waals surface area contributed by atoms with Crippen molar-refractivity contribution in [2.75, 3.05) is 26.9 Å². The zero-order valence-electron chi connectivity index (χ0n) is 21.7. The number of urea groups is 1. The zero-order valence-corrected chi connectivity index (χ0v) is 21.7. The summed E-state index contributed by atoms with van der Waals surface area (Å²) in [7, 11) is 1.34. The van der Waals surface area contributed by atoms with E-state index in [1.54, 1.807) is 19.3 Å². The number of nitrogens with zero attached hydrogens (tertiary/aromatic N) is 3. The Bertz CT molecular complexity index is 982. The van der Waals surface area contributed by atoms with Crippen molar-refractivity contribution in [3.63, 3.8) is 0 Å². The minimum Gasteiger partial charge on any atom is -0.480 e. The number of aromatic nitrogens is 2. The number of esters is 1. The van der Waals surface area contributed by atoms with Gasteiger partial charge in [0.1, 0.15) is 12.6 Å². The highest BCUT2D eigenvalue weighted by atomic mass is 16.5. The second-order valence-electron chi connectivity index (χ2n) is 8.45. The molecule has 0 spiro atoms. The maximum atomic E-state index is 12.6. The van der Waals surface area contributed by atoms with E-state index in [9.17, 15) is 24.3 Å². The molecule has 3 N–H and O–H groups in total. The van der Waals surface area contributed by atoms with Crippen molar-refractivity contribution >= 4 is 23.8 Å². The fourth-order valence-corrected chi connectivity index (χ4v) is 3.63. The number of amides is 2. The Morgan fingerprint density at radius 3 is 2.05 bits per heavy atom. The largest absolute Gasteiger partial charge is 0.480 e.